The Kier molecular flexibility index (Phi) is 6.16. The third kappa shape index (κ3) is 4.71. The molecule has 2 aliphatic heterocycles. The van der Waals surface area contributed by atoms with Gasteiger partial charge in [-0.1, -0.05) is 42.5 Å². The molecule has 0 amide bonds. The first-order valence-electron chi connectivity index (χ1n) is 10.6. The fraction of sp³-hybridized carbons (Fsp3) is 0.417. The van der Waals surface area contributed by atoms with E-state index in [9.17, 15) is 13.2 Å². The van der Waals surface area contributed by atoms with E-state index in [0.717, 1.165) is 30.8 Å². The van der Waals surface area contributed by atoms with Crippen LogP contribution in [0.4, 0.5) is 24.5 Å². The molecule has 30 heavy (non-hydrogen) atoms. The first-order valence-corrected chi connectivity index (χ1v) is 10.6. The van der Waals surface area contributed by atoms with E-state index in [1.807, 2.05) is 12.1 Å². The van der Waals surface area contributed by atoms with Gasteiger partial charge < -0.3 is 10.2 Å². The third-order valence-electron chi connectivity index (χ3n) is 6.20. The molecule has 2 heterocycles. The number of halogens is 3. The Labute approximate surface area is 176 Å². The molecule has 1 saturated heterocycles. The van der Waals surface area contributed by atoms with Gasteiger partial charge in [-0.05, 0) is 49.6 Å². The molecule has 160 valence electrons. The van der Waals surface area contributed by atoms with E-state index in [0.29, 0.717) is 26.2 Å². The van der Waals surface area contributed by atoms with Gasteiger partial charge in [-0.2, -0.15) is 13.2 Å². The van der Waals surface area contributed by atoms with Crippen molar-refractivity contribution in [1.82, 2.24) is 9.80 Å². The molecule has 0 aromatic heterocycles. The Morgan fingerprint density at radius 1 is 0.933 bits per heavy atom. The van der Waals surface area contributed by atoms with E-state index in [1.165, 1.54) is 23.6 Å². The lowest BCUT2D eigenvalue weighted by Crippen LogP contribution is -2.53. The van der Waals surface area contributed by atoms with Crippen molar-refractivity contribution in [3.05, 3.63) is 59.2 Å². The number of rotatable bonds is 5. The number of alkyl halides is 3. The highest BCUT2D eigenvalue weighted by Crippen LogP contribution is 2.32. The van der Waals surface area contributed by atoms with Crippen LogP contribution >= 0.6 is 0 Å². The maximum Gasteiger partial charge on any atom is 0.403 e. The number of hydrogen-bond acceptors (Lipinski definition) is 3. The van der Waals surface area contributed by atoms with Crippen LogP contribution in [0, 0.1) is 0 Å². The quantitative estimate of drug-likeness (QED) is 0.601. The van der Waals surface area contributed by atoms with Crippen LogP contribution in [-0.2, 0) is 6.42 Å². The summed E-state index contributed by atoms with van der Waals surface area (Å²) < 4.78 is 38.7. The molecule has 2 aromatic rings. The molecular weight excluding hydrogens is 387 g/mol. The second-order valence-corrected chi connectivity index (χ2v) is 8.12. The van der Waals surface area contributed by atoms with Crippen molar-refractivity contribution >= 4 is 23.5 Å². The molecule has 6 heteroatoms. The van der Waals surface area contributed by atoms with Gasteiger partial charge in [0.1, 0.15) is 6.04 Å². The van der Waals surface area contributed by atoms with Gasteiger partial charge in [0.15, 0.2) is 0 Å². The Morgan fingerprint density at radius 3 is 2.43 bits per heavy atom. The summed E-state index contributed by atoms with van der Waals surface area (Å²) in [4.78, 5) is 3.83. The van der Waals surface area contributed by atoms with Gasteiger partial charge in [0.25, 0.3) is 0 Å². The predicted molar refractivity (Wildman–Crippen MR) is 117 cm³/mol. The monoisotopic (exact) mass is 415 g/mol. The number of aryl methyl sites for hydroxylation is 1. The molecule has 1 N–H and O–H groups in total. The summed E-state index contributed by atoms with van der Waals surface area (Å²) in [6.45, 7) is 4.53. The minimum atomic E-state index is -4.14. The Balaban J connectivity index is 1.33. The van der Waals surface area contributed by atoms with Crippen LogP contribution in [0.2, 0.25) is 0 Å². The van der Waals surface area contributed by atoms with Crippen LogP contribution in [0.1, 0.15) is 30.0 Å². The van der Waals surface area contributed by atoms with Gasteiger partial charge in [0.05, 0.1) is 0 Å². The predicted octanol–water partition coefficient (Wildman–Crippen LogP) is 5.42. The molecule has 2 aliphatic rings. The van der Waals surface area contributed by atoms with Crippen molar-refractivity contribution in [3.8, 4) is 0 Å². The lowest BCUT2D eigenvalue weighted by molar-refractivity contribution is -0.182. The molecule has 1 fully saturated rings. The number of benzene rings is 2. The first kappa shape index (κ1) is 20.9. The molecule has 3 nitrogen and oxygen atoms in total. The van der Waals surface area contributed by atoms with Crippen molar-refractivity contribution in [2.75, 3.05) is 38.0 Å². The number of piperazine rings is 1. The molecule has 0 radical (unpaired) electrons. The highest BCUT2D eigenvalue weighted by atomic mass is 19.4. The molecule has 4 rings (SSSR count). The molecule has 0 saturated carbocycles. The molecule has 0 aliphatic carbocycles. The average Bonchev–Trinajstić information content (AvgIpc) is 2.93. The summed E-state index contributed by atoms with van der Waals surface area (Å²) in [6.07, 6.45) is 2.13. The number of hydrogen-bond donors (Lipinski definition) is 1. The van der Waals surface area contributed by atoms with E-state index < -0.39 is 12.2 Å². The Hall–Kier alpha value is -2.31. The number of nitrogens with zero attached hydrogens (tertiary/aromatic N) is 2. The molecule has 2 aromatic carbocycles. The van der Waals surface area contributed by atoms with E-state index in [2.05, 4.69) is 52.7 Å². The fourth-order valence-electron chi connectivity index (χ4n) is 4.29. The highest BCUT2D eigenvalue weighted by Gasteiger charge is 2.40. The maximum atomic E-state index is 12.9. The van der Waals surface area contributed by atoms with Gasteiger partial charge >= 0.3 is 6.18 Å². The fourth-order valence-corrected chi connectivity index (χ4v) is 4.29. The largest absolute Gasteiger partial charge is 0.403 e. The van der Waals surface area contributed by atoms with Gasteiger partial charge in [-0.3, -0.25) is 4.90 Å². The summed E-state index contributed by atoms with van der Waals surface area (Å²) in [5.41, 5.74) is 5.91. The van der Waals surface area contributed by atoms with E-state index in [-0.39, 0.29) is 0 Å². The average molecular weight is 416 g/mol. The van der Waals surface area contributed by atoms with Crippen LogP contribution < -0.4 is 5.32 Å². The standard InChI is InChI=1S/C24H28F3N3/c1-18(24(25,26)27)30-16-14-29(15-17-30)13-5-8-19-7-4-10-23-21(19)12-11-20-6-2-3-9-22(20)28-23/h2-4,6-7,9-12,18,28H,5,8,13-17H2,1H3. The SMILES string of the molecule is CC(N1CCN(CCCc2cccc3c2C=Cc2ccccc2N3)CC1)C(F)(F)F. The van der Waals surface area contributed by atoms with Crippen molar-refractivity contribution in [2.24, 2.45) is 0 Å². The number of fused-ring (bicyclic) bond motifs is 2. The first-order chi connectivity index (χ1) is 14.4. The van der Waals surface area contributed by atoms with Gasteiger partial charge in [0, 0.05) is 43.1 Å². The molecular formula is C24H28F3N3. The summed E-state index contributed by atoms with van der Waals surface area (Å²) in [6, 6.07) is 13.3. The van der Waals surface area contributed by atoms with Crippen LogP contribution in [-0.4, -0.2) is 54.7 Å². The second kappa shape index (κ2) is 8.82. The Morgan fingerprint density at radius 2 is 1.67 bits per heavy atom. The topological polar surface area (TPSA) is 18.5 Å². The summed E-state index contributed by atoms with van der Waals surface area (Å²) in [5, 5.41) is 3.54. The summed E-state index contributed by atoms with van der Waals surface area (Å²) in [7, 11) is 0. The minimum absolute atomic E-state index is 0.479. The van der Waals surface area contributed by atoms with Crippen molar-refractivity contribution in [1.29, 1.82) is 0 Å². The summed E-state index contributed by atoms with van der Waals surface area (Å²) in [5.74, 6) is 0. The molecule has 1 atom stereocenters. The summed E-state index contributed by atoms with van der Waals surface area (Å²) >= 11 is 0. The zero-order chi connectivity index (χ0) is 21.1. The van der Waals surface area contributed by atoms with Crippen LogP contribution in [0.3, 0.4) is 0 Å². The second-order valence-electron chi connectivity index (χ2n) is 8.12. The number of para-hydroxylation sites is 1. The number of nitrogens with one attached hydrogen (secondary N) is 1. The van der Waals surface area contributed by atoms with Crippen LogP contribution in [0.25, 0.3) is 12.2 Å². The third-order valence-corrected chi connectivity index (χ3v) is 6.20. The zero-order valence-electron chi connectivity index (χ0n) is 17.3. The van der Waals surface area contributed by atoms with Gasteiger partial charge in [0.2, 0.25) is 0 Å². The van der Waals surface area contributed by atoms with Gasteiger partial charge in [-0.15, -0.1) is 0 Å². The number of anilines is 2. The van der Waals surface area contributed by atoms with Crippen molar-refractivity contribution < 1.29 is 13.2 Å². The van der Waals surface area contributed by atoms with Crippen molar-refractivity contribution in [3.63, 3.8) is 0 Å². The van der Waals surface area contributed by atoms with E-state index in [4.69, 9.17) is 0 Å². The minimum Gasteiger partial charge on any atom is -0.355 e. The molecule has 1 unspecified atom stereocenters. The maximum absolute atomic E-state index is 12.9. The van der Waals surface area contributed by atoms with Crippen LogP contribution in [0.15, 0.2) is 42.5 Å². The van der Waals surface area contributed by atoms with E-state index >= 15 is 0 Å². The zero-order valence-corrected chi connectivity index (χ0v) is 17.3. The Bertz CT molecular complexity index is 899. The highest BCUT2D eigenvalue weighted by molar-refractivity contribution is 5.88. The lowest BCUT2D eigenvalue weighted by Gasteiger charge is -2.38. The smallest absolute Gasteiger partial charge is 0.355 e. The van der Waals surface area contributed by atoms with Crippen LogP contribution in [0.5, 0.6) is 0 Å². The lowest BCUT2D eigenvalue weighted by atomic mass is 10.00. The van der Waals surface area contributed by atoms with Crippen molar-refractivity contribution in [2.45, 2.75) is 32.0 Å². The van der Waals surface area contributed by atoms with Gasteiger partial charge in [-0.25, -0.2) is 0 Å². The molecule has 0 spiro atoms. The molecule has 0 bridgehead atoms. The normalized spacial score (nSPS) is 18.3. The van der Waals surface area contributed by atoms with E-state index in [1.54, 1.807) is 4.90 Å².